The third-order valence-corrected chi connectivity index (χ3v) is 2.81. The highest BCUT2D eigenvalue weighted by atomic mass is 16.3. The number of carbonyl (C=O) groups is 1. The average Bonchev–Trinajstić information content (AvgIpc) is 2.28. The molecule has 1 heterocycles. The highest BCUT2D eigenvalue weighted by molar-refractivity contribution is 6.01. The molecule has 0 saturated heterocycles. The minimum atomic E-state index is -0.108. The summed E-state index contributed by atoms with van der Waals surface area (Å²) in [6, 6.07) is 8.96. The van der Waals surface area contributed by atoms with Crippen LogP contribution in [0.3, 0.4) is 0 Å². The Kier molecular flexibility index (Phi) is 3.42. The zero-order chi connectivity index (χ0) is 13.1. The maximum absolute atomic E-state index is 12.2. The summed E-state index contributed by atoms with van der Waals surface area (Å²) in [5.74, 6) is -0.0582. The second-order valence-electron chi connectivity index (χ2n) is 4.40. The molecule has 2 aromatic rings. The van der Waals surface area contributed by atoms with Gasteiger partial charge in [-0.05, 0) is 43.2 Å². The van der Waals surface area contributed by atoms with Gasteiger partial charge in [-0.3, -0.25) is 9.78 Å². The van der Waals surface area contributed by atoms with E-state index in [-0.39, 0.29) is 18.0 Å². The minimum Gasteiger partial charge on any atom is -0.507 e. The van der Waals surface area contributed by atoms with Crippen LogP contribution in [0, 0.1) is 13.8 Å². The Hall–Kier alpha value is -2.16. The first-order chi connectivity index (χ1) is 8.58. The van der Waals surface area contributed by atoms with Crippen molar-refractivity contribution in [3.63, 3.8) is 0 Å². The van der Waals surface area contributed by atoms with Crippen LogP contribution in [-0.4, -0.2) is 15.9 Å². The molecule has 2 rings (SSSR count). The average molecular weight is 241 g/mol. The van der Waals surface area contributed by atoms with E-state index in [1.807, 2.05) is 32.0 Å². The molecule has 0 spiro atoms. The largest absolute Gasteiger partial charge is 0.507 e. The van der Waals surface area contributed by atoms with Gasteiger partial charge in [-0.2, -0.15) is 0 Å². The Morgan fingerprint density at radius 3 is 2.67 bits per heavy atom. The highest BCUT2D eigenvalue weighted by Crippen LogP contribution is 2.24. The van der Waals surface area contributed by atoms with Crippen molar-refractivity contribution < 1.29 is 9.90 Å². The molecule has 0 bridgehead atoms. The number of hydrogen-bond donors (Lipinski definition) is 1. The zero-order valence-electron chi connectivity index (χ0n) is 10.5. The lowest BCUT2D eigenvalue weighted by molar-refractivity contribution is 0.0989. The Balaban J connectivity index is 2.30. The van der Waals surface area contributed by atoms with Crippen LogP contribution in [-0.2, 0) is 6.42 Å². The topological polar surface area (TPSA) is 50.2 Å². The normalized spacial score (nSPS) is 10.3. The van der Waals surface area contributed by atoms with Crippen LogP contribution in [0.1, 0.15) is 27.2 Å². The predicted octanol–water partition coefficient (Wildman–Crippen LogP) is 2.83. The number of hydrogen-bond acceptors (Lipinski definition) is 3. The van der Waals surface area contributed by atoms with Crippen LogP contribution in [0.5, 0.6) is 5.75 Å². The molecule has 0 unspecified atom stereocenters. The molecule has 18 heavy (non-hydrogen) atoms. The van der Waals surface area contributed by atoms with Crippen LogP contribution in [0.2, 0.25) is 0 Å². The van der Waals surface area contributed by atoms with Gasteiger partial charge in [0.1, 0.15) is 5.75 Å². The molecule has 0 radical (unpaired) electrons. The third kappa shape index (κ3) is 2.56. The molecule has 3 nitrogen and oxygen atoms in total. The molecular formula is C15H15NO2. The number of aromatic nitrogens is 1. The van der Waals surface area contributed by atoms with Gasteiger partial charge in [0.2, 0.25) is 0 Å². The van der Waals surface area contributed by atoms with Crippen molar-refractivity contribution in [3.05, 3.63) is 58.9 Å². The monoisotopic (exact) mass is 241 g/mol. The molecule has 0 atom stereocenters. The fourth-order valence-corrected chi connectivity index (χ4v) is 2.06. The molecular weight excluding hydrogens is 226 g/mol. The summed E-state index contributed by atoms with van der Waals surface area (Å²) in [5.41, 5.74) is 2.85. The number of carbonyl (C=O) groups excluding carboxylic acids is 1. The molecule has 0 saturated carbocycles. The zero-order valence-corrected chi connectivity index (χ0v) is 10.5. The second-order valence-corrected chi connectivity index (χ2v) is 4.40. The summed E-state index contributed by atoms with van der Waals surface area (Å²) >= 11 is 0. The minimum absolute atomic E-state index is 0.0495. The lowest BCUT2D eigenvalue weighted by atomic mass is 9.98. The number of rotatable bonds is 3. The fraction of sp³-hybridized carbons (Fsp3) is 0.200. The van der Waals surface area contributed by atoms with Crippen molar-refractivity contribution in [2.75, 3.05) is 0 Å². The van der Waals surface area contributed by atoms with Crippen LogP contribution in [0.15, 0.2) is 36.5 Å². The second kappa shape index (κ2) is 5.00. The number of pyridine rings is 1. The van der Waals surface area contributed by atoms with Crippen molar-refractivity contribution in [2.45, 2.75) is 20.3 Å². The molecule has 1 N–H and O–H groups in total. The summed E-state index contributed by atoms with van der Waals surface area (Å²) in [6.07, 6.45) is 1.86. The number of phenolic OH excluding ortho intramolecular Hbond substituents is 1. The molecule has 0 aliphatic heterocycles. The molecule has 0 amide bonds. The molecule has 0 aliphatic carbocycles. The molecule has 1 aromatic carbocycles. The summed E-state index contributed by atoms with van der Waals surface area (Å²) in [4.78, 5) is 16.3. The van der Waals surface area contributed by atoms with Gasteiger partial charge in [0.05, 0.1) is 12.0 Å². The van der Waals surface area contributed by atoms with Gasteiger partial charge in [0, 0.05) is 11.9 Å². The van der Waals surface area contributed by atoms with Gasteiger partial charge in [-0.25, -0.2) is 0 Å². The highest BCUT2D eigenvalue weighted by Gasteiger charge is 2.15. The molecule has 0 aliphatic rings. The predicted molar refractivity (Wildman–Crippen MR) is 69.9 cm³/mol. The number of benzene rings is 1. The number of nitrogens with zero attached hydrogens (tertiary/aromatic N) is 1. The Morgan fingerprint density at radius 2 is 2.06 bits per heavy atom. The smallest absolute Gasteiger partial charge is 0.172 e. The first-order valence-corrected chi connectivity index (χ1v) is 5.81. The van der Waals surface area contributed by atoms with Crippen LogP contribution in [0.25, 0.3) is 0 Å². The van der Waals surface area contributed by atoms with Gasteiger partial charge in [0.15, 0.2) is 5.78 Å². The van der Waals surface area contributed by atoms with E-state index in [1.165, 1.54) is 0 Å². The maximum Gasteiger partial charge on any atom is 0.172 e. The first kappa shape index (κ1) is 12.3. The van der Waals surface area contributed by atoms with Crippen LogP contribution in [0.4, 0.5) is 0 Å². The lowest BCUT2D eigenvalue weighted by Crippen LogP contribution is -2.07. The number of Topliss-reactive ketones (excluding diaryl/α,β-unsaturated/α-hetero) is 1. The van der Waals surface area contributed by atoms with Crippen molar-refractivity contribution in [2.24, 2.45) is 0 Å². The molecule has 1 aromatic heterocycles. The molecule has 0 fully saturated rings. The standard InChI is InChI=1S/C15H15NO2/c1-10-7-11(2)15(13(17)8-10)14(18)9-12-5-3-4-6-16-12/h3-8,17H,9H2,1-2H3. The maximum atomic E-state index is 12.2. The van der Waals surface area contributed by atoms with Crippen molar-refractivity contribution in [3.8, 4) is 5.75 Å². The number of phenols is 1. The van der Waals surface area contributed by atoms with Gasteiger partial charge >= 0.3 is 0 Å². The Morgan fingerprint density at radius 1 is 1.28 bits per heavy atom. The molecule has 92 valence electrons. The number of aryl methyl sites for hydroxylation is 2. The van der Waals surface area contributed by atoms with Crippen molar-refractivity contribution >= 4 is 5.78 Å². The van der Waals surface area contributed by atoms with E-state index in [0.29, 0.717) is 11.3 Å². The van der Waals surface area contributed by atoms with E-state index in [2.05, 4.69) is 4.98 Å². The number of aromatic hydroxyl groups is 1. The van der Waals surface area contributed by atoms with Gasteiger partial charge in [-0.1, -0.05) is 12.1 Å². The van der Waals surface area contributed by atoms with E-state index >= 15 is 0 Å². The van der Waals surface area contributed by atoms with Crippen molar-refractivity contribution in [1.82, 2.24) is 4.98 Å². The molecule has 3 heteroatoms. The third-order valence-electron chi connectivity index (χ3n) is 2.81. The summed E-state index contributed by atoms with van der Waals surface area (Å²) in [7, 11) is 0. The van der Waals surface area contributed by atoms with E-state index in [4.69, 9.17) is 0 Å². The van der Waals surface area contributed by atoms with Crippen LogP contribution >= 0.6 is 0 Å². The number of ketones is 1. The fourth-order valence-electron chi connectivity index (χ4n) is 2.06. The Bertz CT molecular complexity index is 553. The summed E-state index contributed by atoms with van der Waals surface area (Å²) in [6.45, 7) is 3.72. The Labute approximate surface area is 106 Å². The van der Waals surface area contributed by atoms with Gasteiger partial charge < -0.3 is 5.11 Å². The van der Waals surface area contributed by atoms with Gasteiger partial charge in [0.25, 0.3) is 0 Å². The summed E-state index contributed by atoms with van der Waals surface area (Å²) in [5, 5.41) is 9.88. The van der Waals surface area contributed by atoms with E-state index < -0.39 is 0 Å². The van der Waals surface area contributed by atoms with E-state index in [1.54, 1.807) is 18.3 Å². The van der Waals surface area contributed by atoms with Crippen LogP contribution < -0.4 is 0 Å². The SMILES string of the molecule is Cc1cc(C)c(C(=O)Cc2ccccn2)c(O)c1. The first-order valence-electron chi connectivity index (χ1n) is 5.81. The quantitative estimate of drug-likeness (QED) is 0.841. The van der Waals surface area contributed by atoms with E-state index in [9.17, 15) is 9.90 Å². The van der Waals surface area contributed by atoms with Gasteiger partial charge in [-0.15, -0.1) is 0 Å². The summed E-state index contributed by atoms with van der Waals surface area (Å²) < 4.78 is 0. The lowest BCUT2D eigenvalue weighted by Gasteiger charge is -2.08. The van der Waals surface area contributed by atoms with Crippen molar-refractivity contribution in [1.29, 1.82) is 0 Å². The van der Waals surface area contributed by atoms with E-state index in [0.717, 1.165) is 11.1 Å².